The van der Waals surface area contributed by atoms with Crippen LogP contribution in [0.1, 0.15) is 26.2 Å². The van der Waals surface area contributed by atoms with Gasteiger partial charge in [0.15, 0.2) is 11.5 Å². The van der Waals surface area contributed by atoms with Gasteiger partial charge in [0.05, 0.1) is 11.4 Å². The van der Waals surface area contributed by atoms with Crippen LogP contribution in [0, 0.1) is 0 Å². The molecule has 1 aromatic carbocycles. The molecule has 4 nitrogen and oxygen atoms in total. The molecular formula is C13H20N2O2. The molecule has 0 saturated carbocycles. The lowest BCUT2D eigenvalue weighted by Gasteiger charge is -2.20. The van der Waals surface area contributed by atoms with Crippen LogP contribution >= 0.6 is 0 Å². The van der Waals surface area contributed by atoms with Gasteiger partial charge in [-0.15, -0.1) is 0 Å². The van der Waals surface area contributed by atoms with Crippen LogP contribution in [0.3, 0.4) is 0 Å². The van der Waals surface area contributed by atoms with E-state index in [2.05, 4.69) is 12.2 Å². The lowest BCUT2D eigenvalue weighted by Crippen LogP contribution is -2.16. The highest BCUT2D eigenvalue weighted by atomic mass is 16.6. The normalized spacial score (nSPS) is 13.5. The number of hydrogen-bond donors (Lipinski definition) is 2. The summed E-state index contributed by atoms with van der Waals surface area (Å²) < 4.78 is 11.0. The molecule has 1 aromatic rings. The van der Waals surface area contributed by atoms with Crippen molar-refractivity contribution in [2.75, 3.05) is 30.8 Å². The molecule has 0 aromatic heterocycles. The van der Waals surface area contributed by atoms with Crippen LogP contribution in [0.4, 0.5) is 11.4 Å². The molecule has 0 amide bonds. The second kappa shape index (κ2) is 5.66. The van der Waals surface area contributed by atoms with Crippen molar-refractivity contribution in [3.63, 3.8) is 0 Å². The standard InChI is InChI=1S/C13H20N2O2/c1-2-3-4-5-15-11-9-13-12(8-10(11)14)16-6-7-17-13/h8-9,15H,2-7,14H2,1H3. The van der Waals surface area contributed by atoms with Gasteiger partial charge in [0, 0.05) is 18.7 Å². The molecule has 0 fully saturated rings. The van der Waals surface area contributed by atoms with Crippen molar-refractivity contribution in [3.8, 4) is 11.5 Å². The molecule has 0 bridgehead atoms. The van der Waals surface area contributed by atoms with E-state index in [1.54, 1.807) is 0 Å². The van der Waals surface area contributed by atoms with E-state index >= 15 is 0 Å². The minimum atomic E-state index is 0.593. The molecule has 1 heterocycles. The fourth-order valence-corrected chi connectivity index (χ4v) is 1.86. The Morgan fingerprint density at radius 3 is 2.59 bits per heavy atom. The van der Waals surface area contributed by atoms with Crippen molar-refractivity contribution in [2.24, 2.45) is 0 Å². The highest BCUT2D eigenvalue weighted by Crippen LogP contribution is 2.36. The Hall–Kier alpha value is -1.58. The molecule has 0 spiro atoms. The molecule has 1 aliphatic rings. The van der Waals surface area contributed by atoms with Gasteiger partial charge in [-0.3, -0.25) is 0 Å². The maximum atomic E-state index is 5.96. The summed E-state index contributed by atoms with van der Waals surface area (Å²) in [6.45, 7) is 4.33. The Bertz CT molecular complexity index is 380. The summed E-state index contributed by atoms with van der Waals surface area (Å²) in [6.07, 6.45) is 3.61. The average molecular weight is 236 g/mol. The minimum Gasteiger partial charge on any atom is -0.486 e. The molecule has 94 valence electrons. The van der Waals surface area contributed by atoms with Crippen LogP contribution in [-0.2, 0) is 0 Å². The third-order valence-electron chi connectivity index (χ3n) is 2.81. The SMILES string of the molecule is CCCCCNc1cc2c(cc1N)OCCO2. The van der Waals surface area contributed by atoms with Crippen molar-refractivity contribution in [3.05, 3.63) is 12.1 Å². The van der Waals surface area contributed by atoms with E-state index in [0.717, 1.165) is 30.2 Å². The van der Waals surface area contributed by atoms with E-state index in [1.165, 1.54) is 12.8 Å². The molecule has 3 N–H and O–H groups in total. The minimum absolute atomic E-state index is 0.593. The molecule has 2 rings (SSSR count). The maximum Gasteiger partial charge on any atom is 0.163 e. The van der Waals surface area contributed by atoms with Crippen molar-refractivity contribution >= 4 is 11.4 Å². The first kappa shape index (κ1) is 11.9. The van der Waals surface area contributed by atoms with E-state index < -0.39 is 0 Å². The Balaban J connectivity index is 2.01. The zero-order valence-corrected chi connectivity index (χ0v) is 10.3. The number of nitrogens with one attached hydrogen (secondary N) is 1. The maximum absolute atomic E-state index is 5.96. The number of nitrogen functional groups attached to an aromatic ring is 1. The first-order valence-corrected chi connectivity index (χ1v) is 6.24. The van der Waals surface area contributed by atoms with Crippen LogP contribution in [0.2, 0.25) is 0 Å². The summed E-state index contributed by atoms with van der Waals surface area (Å²) in [5.41, 5.74) is 7.61. The van der Waals surface area contributed by atoms with Gasteiger partial charge >= 0.3 is 0 Å². The third kappa shape index (κ3) is 2.96. The number of ether oxygens (including phenoxy) is 2. The average Bonchev–Trinajstić information content (AvgIpc) is 2.35. The number of anilines is 2. The summed E-state index contributed by atoms with van der Waals surface area (Å²) in [5.74, 6) is 1.52. The van der Waals surface area contributed by atoms with Crippen LogP contribution < -0.4 is 20.5 Å². The van der Waals surface area contributed by atoms with Crippen LogP contribution in [-0.4, -0.2) is 19.8 Å². The van der Waals surface area contributed by atoms with E-state index in [4.69, 9.17) is 15.2 Å². The molecule has 0 radical (unpaired) electrons. The van der Waals surface area contributed by atoms with Crippen LogP contribution in [0.25, 0.3) is 0 Å². The first-order chi connectivity index (χ1) is 8.31. The monoisotopic (exact) mass is 236 g/mol. The second-order valence-electron chi connectivity index (χ2n) is 4.22. The molecule has 17 heavy (non-hydrogen) atoms. The predicted molar refractivity (Wildman–Crippen MR) is 69.9 cm³/mol. The van der Waals surface area contributed by atoms with Crippen molar-refractivity contribution in [1.82, 2.24) is 0 Å². The summed E-state index contributed by atoms with van der Waals surface area (Å²) >= 11 is 0. The van der Waals surface area contributed by atoms with Gasteiger partial charge in [-0.25, -0.2) is 0 Å². The molecule has 0 atom stereocenters. The Kier molecular flexibility index (Phi) is 3.96. The topological polar surface area (TPSA) is 56.5 Å². The predicted octanol–water partition coefficient (Wildman–Crippen LogP) is 2.64. The highest BCUT2D eigenvalue weighted by Gasteiger charge is 2.14. The summed E-state index contributed by atoms with van der Waals surface area (Å²) in [4.78, 5) is 0. The Morgan fingerprint density at radius 2 is 1.88 bits per heavy atom. The van der Waals surface area contributed by atoms with E-state index in [1.807, 2.05) is 12.1 Å². The largest absolute Gasteiger partial charge is 0.486 e. The number of benzene rings is 1. The van der Waals surface area contributed by atoms with E-state index in [9.17, 15) is 0 Å². The zero-order valence-electron chi connectivity index (χ0n) is 10.3. The Morgan fingerprint density at radius 1 is 1.18 bits per heavy atom. The number of fused-ring (bicyclic) bond motifs is 1. The van der Waals surface area contributed by atoms with Gasteiger partial charge in [-0.2, -0.15) is 0 Å². The fourth-order valence-electron chi connectivity index (χ4n) is 1.86. The van der Waals surface area contributed by atoms with Crippen LogP contribution in [0.15, 0.2) is 12.1 Å². The molecular weight excluding hydrogens is 216 g/mol. The first-order valence-electron chi connectivity index (χ1n) is 6.24. The van der Waals surface area contributed by atoms with Gasteiger partial charge in [-0.05, 0) is 6.42 Å². The lowest BCUT2D eigenvalue weighted by molar-refractivity contribution is 0.172. The fraction of sp³-hybridized carbons (Fsp3) is 0.538. The smallest absolute Gasteiger partial charge is 0.163 e. The molecule has 0 saturated heterocycles. The van der Waals surface area contributed by atoms with Gasteiger partial charge < -0.3 is 20.5 Å². The third-order valence-corrected chi connectivity index (χ3v) is 2.81. The summed E-state index contributed by atoms with van der Waals surface area (Å²) in [6, 6.07) is 3.76. The highest BCUT2D eigenvalue weighted by molar-refractivity contribution is 5.72. The number of rotatable bonds is 5. The molecule has 4 heteroatoms. The van der Waals surface area contributed by atoms with Gasteiger partial charge in [-0.1, -0.05) is 19.8 Å². The summed E-state index contributed by atoms with van der Waals surface area (Å²) in [7, 11) is 0. The number of hydrogen-bond acceptors (Lipinski definition) is 4. The molecule has 0 unspecified atom stereocenters. The van der Waals surface area contributed by atoms with E-state index in [-0.39, 0.29) is 0 Å². The summed E-state index contributed by atoms with van der Waals surface area (Å²) in [5, 5.41) is 3.34. The second-order valence-corrected chi connectivity index (χ2v) is 4.22. The molecule has 0 aliphatic carbocycles. The number of nitrogens with two attached hydrogens (primary N) is 1. The quantitative estimate of drug-likeness (QED) is 0.609. The van der Waals surface area contributed by atoms with Crippen LogP contribution in [0.5, 0.6) is 11.5 Å². The zero-order chi connectivity index (χ0) is 12.1. The van der Waals surface area contributed by atoms with Crippen molar-refractivity contribution in [2.45, 2.75) is 26.2 Å². The molecule has 1 aliphatic heterocycles. The van der Waals surface area contributed by atoms with Crippen molar-refractivity contribution in [1.29, 1.82) is 0 Å². The van der Waals surface area contributed by atoms with E-state index in [0.29, 0.717) is 18.9 Å². The van der Waals surface area contributed by atoms with Crippen molar-refractivity contribution < 1.29 is 9.47 Å². The number of unbranched alkanes of at least 4 members (excludes halogenated alkanes) is 2. The lowest BCUT2D eigenvalue weighted by atomic mass is 10.2. The van der Waals surface area contributed by atoms with Gasteiger partial charge in [0.25, 0.3) is 0 Å². The van der Waals surface area contributed by atoms with Gasteiger partial charge in [0.2, 0.25) is 0 Å². The van der Waals surface area contributed by atoms with Gasteiger partial charge in [0.1, 0.15) is 13.2 Å². The Labute approximate surface area is 102 Å².